The molecule has 1 aromatic heterocycles. The van der Waals surface area contributed by atoms with Crippen molar-refractivity contribution in [3.8, 4) is 5.75 Å². The zero-order chi connectivity index (χ0) is 23.6. The van der Waals surface area contributed by atoms with Crippen molar-refractivity contribution in [2.75, 3.05) is 13.7 Å². The number of ether oxygens (including phenoxy) is 2. The maximum Gasteiger partial charge on any atom is 0.359 e. The van der Waals surface area contributed by atoms with Gasteiger partial charge in [0.2, 0.25) is 5.91 Å². The molecule has 1 fully saturated rings. The second kappa shape index (κ2) is 9.25. The first kappa shape index (κ1) is 22.8. The van der Waals surface area contributed by atoms with Crippen molar-refractivity contribution in [3.05, 3.63) is 47.5 Å². The molecule has 1 aliphatic heterocycles. The molecule has 2 aliphatic rings. The number of hydrogen-bond donors (Lipinski definition) is 1. The molecule has 9 nitrogen and oxygen atoms in total. The van der Waals surface area contributed by atoms with Gasteiger partial charge in [0.25, 0.3) is 5.91 Å². The van der Waals surface area contributed by atoms with E-state index in [1.807, 2.05) is 31.2 Å². The average Bonchev–Trinajstić information content (AvgIpc) is 3.47. The molecule has 0 unspecified atom stereocenters. The van der Waals surface area contributed by atoms with E-state index >= 15 is 0 Å². The van der Waals surface area contributed by atoms with E-state index in [0.717, 1.165) is 37.0 Å². The summed E-state index contributed by atoms with van der Waals surface area (Å²) >= 11 is 0. The number of fused-ring (bicyclic) bond motifs is 1. The van der Waals surface area contributed by atoms with Gasteiger partial charge in [0.15, 0.2) is 5.69 Å². The molecule has 9 heteroatoms. The molecule has 0 spiro atoms. The Labute approximate surface area is 193 Å². The molecule has 2 aromatic rings. The van der Waals surface area contributed by atoms with Gasteiger partial charge in [-0.2, -0.15) is 0 Å². The minimum atomic E-state index is -1.15. The Kier molecular flexibility index (Phi) is 6.40. The number of nitrogens with zero attached hydrogens (tertiary/aromatic N) is 3. The Morgan fingerprint density at radius 3 is 2.55 bits per heavy atom. The predicted octanol–water partition coefficient (Wildman–Crippen LogP) is 2.54. The molecule has 176 valence electrons. The van der Waals surface area contributed by atoms with Crippen LogP contribution in [0.3, 0.4) is 0 Å². The van der Waals surface area contributed by atoms with Crippen molar-refractivity contribution in [1.82, 2.24) is 19.8 Å². The number of imidazole rings is 1. The van der Waals surface area contributed by atoms with Crippen LogP contribution in [0.25, 0.3) is 0 Å². The number of esters is 1. The molecule has 0 radical (unpaired) electrons. The fourth-order valence-corrected chi connectivity index (χ4v) is 4.63. The highest BCUT2D eigenvalue weighted by molar-refractivity contribution is 6.06. The number of benzene rings is 1. The molecular weight excluding hydrogens is 424 g/mol. The van der Waals surface area contributed by atoms with Gasteiger partial charge in [-0.05, 0) is 44.4 Å². The molecule has 1 aromatic carbocycles. The Morgan fingerprint density at radius 1 is 1.21 bits per heavy atom. The molecular formula is C24H30N4O5. The normalized spacial score (nSPS) is 20.5. The van der Waals surface area contributed by atoms with Crippen LogP contribution in [0.5, 0.6) is 5.75 Å². The van der Waals surface area contributed by atoms with Gasteiger partial charge < -0.3 is 24.3 Å². The number of methoxy groups -OCH3 is 1. The number of nitrogens with one attached hydrogen (secondary N) is 1. The molecule has 2 amide bonds. The smallest absolute Gasteiger partial charge is 0.359 e. The van der Waals surface area contributed by atoms with Crippen molar-refractivity contribution < 1.29 is 23.9 Å². The zero-order valence-corrected chi connectivity index (χ0v) is 19.3. The van der Waals surface area contributed by atoms with Crippen molar-refractivity contribution in [2.45, 2.75) is 64.2 Å². The number of aromatic nitrogens is 2. The van der Waals surface area contributed by atoms with Gasteiger partial charge in [0, 0.05) is 12.6 Å². The van der Waals surface area contributed by atoms with E-state index in [1.54, 1.807) is 11.5 Å². The minimum absolute atomic E-state index is 0.0440. The number of rotatable bonds is 7. The first-order valence-electron chi connectivity index (χ1n) is 11.4. The van der Waals surface area contributed by atoms with Crippen LogP contribution in [-0.4, -0.2) is 57.5 Å². The number of carbonyl (C=O) groups excluding carboxylic acids is 3. The van der Waals surface area contributed by atoms with E-state index in [9.17, 15) is 14.4 Å². The third-order valence-corrected chi connectivity index (χ3v) is 6.49. The maximum absolute atomic E-state index is 13.7. The third-order valence-electron chi connectivity index (χ3n) is 6.49. The Morgan fingerprint density at radius 2 is 1.91 bits per heavy atom. The van der Waals surface area contributed by atoms with Crippen LogP contribution in [-0.2, 0) is 22.6 Å². The van der Waals surface area contributed by atoms with Crippen LogP contribution in [0.1, 0.15) is 66.1 Å². The Balaban J connectivity index is 1.69. The van der Waals surface area contributed by atoms with Gasteiger partial charge in [-0.1, -0.05) is 25.0 Å². The van der Waals surface area contributed by atoms with Gasteiger partial charge in [-0.15, -0.1) is 0 Å². The van der Waals surface area contributed by atoms with Crippen LogP contribution >= 0.6 is 0 Å². The van der Waals surface area contributed by atoms with Gasteiger partial charge in [-0.3, -0.25) is 9.59 Å². The van der Waals surface area contributed by atoms with Gasteiger partial charge in [-0.25, -0.2) is 9.78 Å². The zero-order valence-electron chi connectivity index (χ0n) is 19.3. The average molecular weight is 455 g/mol. The first-order chi connectivity index (χ1) is 15.9. The Bertz CT molecular complexity index is 1040. The molecule has 0 bridgehead atoms. The highest BCUT2D eigenvalue weighted by Gasteiger charge is 2.49. The highest BCUT2D eigenvalue weighted by atomic mass is 16.5. The SMILES string of the molecule is CCOc1ccc(CN2C(=O)c3c(C(=O)OC)ncn3C[C@@]2(C)C(=O)NC2CCCC2)cc1. The maximum atomic E-state index is 13.7. The summed E-state index contributed by atoms with van der Waals surface area (Å²) in [6.45, 7) is 4.63. The number of hydrogen-bond acceptors (Lipinski definition) is 6. The minimum Gasteiger partial charge on any atom is -0.494 e. The van der Waals surface area contributed by atoms with Crippen LogP contribution < -0.4 is 10.1 Å². The van der Waals surface area contributed by atoms with E-state index in [4.69, 9.17) is 9.47 Å². The largest absolute Gasteiger partial charge is 0.494 e. The molecule has 1 aliphatic carbocycles. The van der Waals surface area contributed by atoms with Gasteiger partial charge >= 0.3 is 5.97 Å². The van der Waals surface area contributed by atoms with E-state index in [2.05, 4.69) is 10.3 Å². The van der Waals surface area contributed by atoms with Crippen molar-refractivity contribution >= 4 is 17.8 Å². The van der Waals surface area contributed by atoms with Gasteiger partial charge in [0.1, 0.15) is 17.0 Å². The number of carbonyl (C=O) groups is 3. The molecule has 0 saturated heterocycles. The first-order valence-corrected chi connectivity index (χ1v) is 11.4. The molecule has 33 heavy (non-hydrogen) atoms. The van der Waals surface area contributed by atoms with Crippen molar-refractivity contribution in [1.29, 1.82) is 0 Å². The quantitative estimate of drug-likeness (QED) is 0.645. The second-order valence-electron chi connectivity index (χ2n) is 8.76. The highest BCUT2D eigenvalue weighted by Crippen LogP contribution is 2.32. The van der Waals surface area contributed by atoms with Gasteiger partial charge in [0.05, 0.1) is 26.6 Å². The molecule has 1 atom stereocenters. The summed E-state index contributed by atoms with van der Waals surface area (Å²) in [6.07, 6.45) is 5.49. The standard InChI is InChI=1S/C24H30N4O5/c1-4-33-18-11-9-16(10-12-18)13-28-21(29)20-19(22(30)32-3)25-15-27(20)14-24(28,2)23(31)26-17-7-5-6-8-17/h9-12,15,17H,4-8,13-14H2,1-3H3,(H,26,31)/t24-/m0/s1. The topological polar surface area (TPSA) is 103 Å². The summed E-state index contributed by atoms with van der Waals surface area (Å²) < 4.78 is 11.9. The van der Waals surface area contributed by atoms with E-state index in [0.29, 0.717) is 6.61 Å². The molecule has 1 saturated carbocycles. The summed E-state index contributed by atoms with van der Waals surface area (Å²) in [5.74, 6) is -0.582. The lowest BCUT2D eigenvalue weighted by Gasteiger charge is -2.44. The second-order valence-corrected chi connectivity index (χ2v) is 8.76. The summed E-state index contributed by atoms with van der Waals surface area (Å²) in [4.78, 5) is 45.1. The van der Waals surface area contributed by atoms with E-state index < -0.39 is 17.4 Å². The molecule has 4 rings (SSSR count). The van der Waals surface area contributed by atoms with Crippen molar-refractivity contribution in [2.24, 2.45) is 0 Å². The van der Waals surface area contributed by atoms with Crippen molar-refractivity contribution in [3.63, 3.8) is 0 Å². The molecule has 2 heterocycles. The summed E-state index contributed by atoms with van der Waals surface area (Å²) in [5, 5.41) is 3.14. The molecule has 1 N–H and O–H groups in total. The van der Waals surface area contributed by atoms with Crippen LogP contribution in [0.15, 0.2) is 30.6 Å². The van der Waals surface area contributed by atoms with E-state index in [-0.39, 0.29) is 36.4 Å². The lowest BCUT2D eigenvalue weighted by molar-refractivity contribution is -0.134. The Hall–Kier alpha value is -3.36. The lowest BCUT2D eigenvalue weighted by atomic mass is 9.93. The van der Waals surface area contributed by atoms with Crippen LogP contribution in [0, 0.1) is 0 Å². The summed E-state index contributed by atoms with van der Waals surface area (Å²) in [5.41, 5.74) is -0.213. The summed E-state index contributed by atoms with van der Waals surface area (Å²) in [7, 11) is 1.25. The predicted molar refractivity (Wildman–Crippen MR) is 120 cm³/mol. The third kappa shape index (κ3) is 4.31. The monoisotopic (exact) mass is 454 g/mol. The number of amides is 2. The fourth-order valence-electron chi connectivity index (χ4n) is 4.63. The fraction of sp³-hybridized carbons (Fsp3) is 0.500. The van der Waals surface area contributed by atoms with Crippen LogP contribution in [0.4, 0.5) is 0 Å². The van der Waals surface area contributed by atoms with Crippen LogP contribution in [0.2, 0.25) is 0 Å². The summed E-state index contributed by atoms with van der Waals surface area (Å²) in [6, 6.07) is 7.55. The lowest BCUT2D eigenvalue weighted by Crippen LogP contribution is -2.64. The van der Waals surface area contributed by atoms with E-state index in [1.165, 1.54) is 18.3 Å².